The third kappa shape index (κ3) is 2.68. The molecule has 84 valence electrons. The highest BCUT2D eigenvalue weighted by molar-refractivity contribution is 6.65. The van der Waals surface area contributed by atoms with Crippen molar-refractivity contribution in [2.24, 2.45) is 0 Å². The highest BCUT2D eigenvalue weighted by Crippen LogP contribution is 2.08. The summed E-state index contributed by atoms with van der Waals surface area (Å²) in [5.41, 5.74) is 0. The quantitative estimate of drug-likeness (QED) is 0.411. The van der Waals surface area contributed by atoms with Gasteiger partial charge >= 0.3 is 17.2 Å². The van der Waals surface area contributed by atoms with Crippen LogP contribution >= 0.6 is 11.6 Å². The minimum Gasteiger partial charge on any atom is -0.333 e. The lowest BCUT2D eigenvalue weighted by Crippen LogP contribution is -2.55. The molecule has 0 aliphatic carbocycles. The van der Waals surface area contributed by atoms with Crippen molar-refractivity contribution < 1.29 is 14.4 Å². The Hall–Kier alpha value is -1.10. The molecule has 5 nitrogen and oxygen atoms in total. The van der Waals surface area contributed by atoms with Gasteiger partial charge in [-0.15, -0.1) is 0 Å². The first-order valence-corrected chi connectivity index (χ1v) is 5.26. The fourth-order valence-electron chi connectivity index (χ4n) is 1.40. The maximum Gasteiger partial charge on any atom is 0.323 e. The van der Waals surface area contributed by atoms with Crippen LogP contribution < -0.4 is 0 Å². The van der Waals surface area contributed by atoms with E-state index in [-0.39, 0.29) is 6.54 Å². The van der Waals surface area contributed by atoms with Gasteiger partial charge in [-0.25, -0.2) is 0 Å². The van der Waals surface area contributed by atoms with Gasteiger partial charge in [-0.2, -0.15) is 0 Å². The highest BCUT2D eigenvalue weighted by atomic mass is 35.5. The molecule has 0 atom stereocenters. The highest BCUT2D eigenvalue weighted by Gasteiger charge is 2.34. The number of carbonyl (C=O) groups is 3. The maximum absolute atomic E-state index is 11.5. The molecule has 0 spiro atoms. The van der Waals surface area contributed by atoms with E-state index in [0.29, 0.717) is 13.1 Å². The van der Waals surface area contributed by atoms with Gasteiger partial charge in [0.25, 0.3) is 0 Å². The second-order valence-corrected chi connectivity index (χ2v) is 3.68. The lowest BCUT2D eigenvalue weighted by atomic mass is 10.2. The van der Waals surface area contributed by atoms with Gasteiger partial charge in [-0.3, -0.25) is 19.3 Å². The van der Waals surface area contributed by atoms with Crippen LogP contribution in [0, 0.1) is 0 Å². The first-order valence-electron chi connectivity index (χ1n) is 4.88. The monoisotopic (exact) mass is 232 g/mol. The number of hydrogen-bond donors (Lipinski definition) is 0. The van der Waals surface area contributed by atoms with Gasteiger partial charge in [0.2, 0.25) is 0 Å². The predicted molar refractivity (Wildman–Crippen MR) is 54.5 cm³/mol. The first kappa shape index (κ1) is 12.0. The normalized spacial score (nSPS) is 17.2. The molecule has 1 aliphatic heterocycles. The standard InChI is InChI=1S/C9H13ClN2O3/c1-2-3-4-11-5-6-12(9(10)15)8(14)7(11)13/h2-6H2,1H3. The summed E-state index contributed by atoms with van der Waals surface area (Å²) in [5, 5.41) is -0.886. The molecule has 0 bridgehead atoms. The van der Waals surface area contributed by atoms with E-state index in [1.54, 1.807) is 0 Å². The number of hydrogen-bond acceptors (Lipinski definition) is 3. The molecular weight excluding hydrogens is 220 g/mol. The van der Waals surface area contributed by atoms with Crippen molar-refractivity contribution in [2.75, 3.05) is 19.6 Å². The molecule has 0 aromatic rings. The summed E-state index contributed by atoms with van der Waals surface area (Å²) in [6, 6.07) is 0. The Morgan fingerprint density at radius 1 is 1.33 bits per heavy atom. The van der Waals surface area contributed by atoms with Crippen molar-refractivity contribution >= 4 is 28.8 Å². The summed E-state index contributed by atoms with van der Waals surface area (Å²) < 4.78 is 0. The number of piperazine rings is 1. The Labute approximate surface area is 93.0 Å². The number of rotatable bonds is 3. The van der Waals surface area contributed by atoms with Crippen LogP contribution in [0.4, 0.5) is 4.79 Å². The van der Waals surface area contributed by atoms with Gasteiger partial charge in [0.1, 0.15) is 0 Å². The van der Waals surface area contributed by atoms with Gasteiger partial charge in [0.05, 0.1) is 0 Å². The zero-order valence-corrected chi connectivity index (χ0v) is 9.29. The van der Waals surface area contributed by atoms with Crippen LogP contribution in [0.15, 0.2) is 0 Å². The molecule has 0 unspecified atom stereocenters. The van der Waals surface area contributed by atoms with E-state index < -0.39 is 17.2 Å². The number of carbonyl (C=O) groups excluding carboxylic acids is 3. The second-order valence-electron chi connectivity index (χ2n) is 3.36. The van der Waals surface area contributed by atoms with Crippen LogP contribution in [0.25, 0.3) is 0 Å². The summed E-state index contributed by atoms with van der Waals surface area (Å²) in [7, 11) is 0. The van der Waals surface area contributed by atoms with Gasteiger partial charge < -0.3 is 4.90 Å². The Morgan fingerprint density at radius 2 is 2.00 bits per heavy atom. The molecule has 1 fully saturated rings. The average molecular weight is 233 g/mol. The van der Waals surface area contributed by atoms with E-state index in [1.807, 2.05) is 6.92 Å². The van der Waals surface area contributed by atoms with Crippen molar-refractivity contribution in [2.45, 2.75) is 19.8 Å². The van der Waals surface area contributed by atoms with Crippen LogP contribution in [0.5, 0.6) is 0 Å². The molecular formula is C9H13ClN2O3. The largest absolute Gasteiger partial charge is 0.333 e. The maximum atomic E-state index is 11.5. The summed E-state index contributed by atoms with van der Waals surface area (Å²) in [6.45, 7) is 3.13. The molecule has 1 rings (SSSR count). The summed E-state index contributed by atoms with van der Waals surface area (Å²) in [6.07, 6.45) is 1.81. The van der Waals surface area contributed by atoms with Crippen molar-refractivity contribution in [3.63, 3.8) is 0 Å². The fraction of sp³-hybridized carbons (Fsp3) is 0.667. The third-order valence-corrected chi connectivity index (χ3v) is 2.51. The van der Waals surface area contributed by atoms with Crippen molar-refractivity contribution in [1.82, 2.24) is 9.80 Å². The van der Waals surface area contributed by atoms with Crippen LogP contribution in [0.1, 0.15) is 19.8 Å². The number of amides is 3. The van der Waals surface area contributed by atoms with E-state index in [4.69, 9.17) is 11.6 Å². The Balaban J connectivity index is 2.61. The second kappa shape index (κ2) is 5.11. The smallest absolute Gasteiger partial charge is 0.323 e. The number of halogens is 1. The SMILES string of the molecule is CCCCN1CCN(C(=O)Cl)C(=O)C1=O. The van der Waals surface area contributed by atoms with Crippen LogP contribution in [-0.4, -0.2) is 46.6 Å². The van der Waals surface area contributed by atoms with Crippen LogP contribution in [0.3, 0.4) is 0 Å². The van der Waals surface area contributed by atoms with Crippen molar-refractivity contribution in [3.05, 3.63) is 0 Å². The molecule has 1 aliphatic rings. The Kier molecular flexibility index (Phi) is 4.08. The minimum absolute atomic E-state index is 0.191. The predicted octanol–water partition coefficient (Wildman–Crippen LogP) is 0.816. The first-order chi connectivity index (χ1) is 7.07. The molecule has 15 heavy (non-hydrogen) atoms. The van der Waals surface area contributed by atoms with Gasteiger partial charge in [-0.05, 0) is 18.0 Å². The Morgan fingerprint density at radius 3 is 2.53 bits per heavy atom. The molecule has 0 saturated carbocycles. The molecule has 0 aromatic carbocycles. The van der Waals surface area contributed by atoms with Crippen LogP contribution in [-0.2, 0) is 9.59 Å². The fourth-order valence-corrected chi connectivity index (χ4v) is 1.57. The summed E-state index contributed by atoms with van der Waals surface area (Å²) in [5.74, 6) is -1.46. The van der Waals surface area contributed by atoms with Gasteiger partial charge in [-0.1, -0.05) is 13.3 Å². The van der Waals surface area contributed by atoms with E-state index in [0.717, 1.165) is 17.7 Å². The molecule has 0 aromatic heterocycles. The number of unbranched alkanes of at least 4 members (excludes halogenated alkanes) is 1. The number of imide groups is 1. The lowest BCUT2D eigenvalue weighted by molar-refractivity contribution is -0.153. The molecule has 3 amide bonds. The van der Waals surface area contributed by atoms with E-state index >= 15 is 0 Å². The van der Waals surface area contributed by atoms with Crippen molar-refractivity contribution in [3.8, 4) is 0 Å². The third-order valence-electron chi connectivity index (χ3n) is 2.30. The van der Waals surface area contributed by atoms with Gasteiger partial charge in [0.15, 0.2) is 0 Å². The van der Waals surface area contributed by atoms with Gasteiger partial charge in [0, 0.05) is 19.6 Å². The summed E-state index contributed by atoms with van der Waals surface area (Å²) >= 11 is 5.16. The summed E-state index contributed by atoms with van der Waals surface area (Å²) in [4.78, 5) is 35.8. The average Bonchev–Trinajstić information content (AvgIpc) is 2.20. The van der Waals surface area contributed by atoms with E-state index in [9.17, 15) is 14.4 Å². The minimum atomic E-state index is -0.886. The molecule has 6 heteroatoms. The molecule has 1 heterocycles. The van der Waals surface area contributed by atoms with E-state index in [1.165, 1.54) is 4.90 Å². The number of nitrogens with zero attached hydrogens (tertiary/aromatic N) is 2. The van der Waals surface area contributed by atoms with Crippen molar-refractivity contribution in [1.29, 1.82) is 0 Å². The molecule has 0 radical (unpaired) electrons. The zero-order valence-electron chi connectivity index (χ0n) is 8.53. The topological polar surface area (TPSA) is 57.7 Å². The molecule has 0 N–H and O–H groups in total. The Bertz CT molecular complexity index is 293. The lowest BCUT2D eigenvalue weighted by Gasteiger charge is -2.31. The van der Waals surface area contributed by atoms with E-state index in [2.05, 4.69) is 0 Å². The molecule has 1 saturated heterocycles. The zero-order chi connectivity index (χ0) is 11.4. The van der Waals surface area contributed by atoms with Crippen LogP contribution in [0.2, 0.25) is 0 Å².